The average Bonchev–Trinajstić information content (AvgIpc) is 3.30. The molecule has 4 aromatic rings. The van der Waals surface area contributed by atoms with Crippen molar-refractivity contribution in [3.05, 3.63) is 106 Å². The topological polar surface area (TPSA) is 119 Å². The molecule has 1 aromatic heterocycles. The van der Waals surface area contributed by atoms with Crippen molar-refractivity contribution in [1.29, 1.82) is 0 Å². The fraction of sp³-hybridized carbons (Fsp3) is 0.148. The van der Waals surface area contributed by atoms with Crippen LogP contribution in [0.15, 0.2) is 79.0 Å². The van der Waals surface area contributed by atoms with E-state index in [-0.39, 0.29) is 30.5 Å². The number of benzene rings is 3. The van der Waals surface area contributed by atoms with Crippen LogP contribution in [-0.2, 0) is 16.0 Å². The van der Waals surface area contributed by atoms with Crippen LogP contribution in [0.4, 0.5) is 11.4 Å². The summed E-state index contributed by atoms with van der Waals surface area (Å²) in [6.45, 7) is 3.71. The number of amides is 2. The molecule has 0 bridgehead atoms. The van der Waals surface area contributed by atoms with Crippen molar-refractivity contribution in [1.82, 2.24) is 15.1 Å². The molecule has 0 aliphatic heterocycles. The Morgan fingerprint density at radius 3 is 2.36 bits per heavy atom. The maximum Gasteiger partial charge on any atom is 0.269 e. The molecule has 2 amide bonds. The number of aromatic nitrogens is 2. The highest BCUT2D eigenvalue weighted by Gasteiger charge is 2.17. The number of nitro groups is 1. The highest BCUT2D eigenvalue weighted by Crippen LogP contribution is 2.26. The summed E-state index contributed by atoms with van der Waals surface area (Å²) in [6.07, 6.45) is 1.73. The molecule has 0 radical (unpaired) electrons. The second-order valence-corrected chi connectivity index (χ2v) is 8.34. The minimum Gasteiger partial charge on any atom is -0.347 e. The van der Waals surface area contributed by atoms with Crippen LogP contribution < -0.4 is 10.6 Å². The Kier molecular flexibility index (Phi) is 7.20. The summed E-state index contributed by atoms with van der Waals surface area (Å²) in [7, 11) is 0. The minimum absolute atomic E-state index is 0.0179. The van der Waals surface area contributed by atoms with Gasteiger partial charge in [0.15, 0.2) is 0 Å². The molecule has 0 aliphatic carbocycles. The predicted octanol–water partition coefficient (Wildman–Crippen LogP) is 4.36. The third-order valence-electron chi connectivity index (χ3n) is 5.84. The lowest BCUT2D eigenvalue weighted by Gasteiger charge is -2.11. The number of nitrogens with zero attached hydrogens (tertiary/aromatic N) is 3. The number of para-hydroxylation sites is 1. The van der Waals surface area contributed by atoms with Crippen molar-refractivity contribution in [2.45, 2.75) is 20.3 Å². The number of hydrogen-bond acceptors (Lipinski definition) is 5. The number of carbonyl (C=O) groups excluding carboxylic acids is 2. The minimum atomic E-state index is -0.468. The number of hydrogen-bond donors (Lipinski definition) is 2. The molecule has 0 spiro atoms. The third-order valence-corrected chi connectivity index (χ3v) is 5.84. The van der Waals surface area contributed by atoms with Crippen LogP contribution in [0.1, 0.15) is 16.7 Å². The zero-order valence-electron chi connectivity index (χ0n) is 19.9. The second-order valence-electron chi connectivity index (χ2n) is 8.34. The fourth-order valence-electron chi connectivity index (χ4n) is 3.73. The lowest BCUT2D eigenvalue weighted by molar-refractivity contribution is -0.384. The summed E-state index contributed by atoms with van der Waals surface area (Å²) < 4.78 is 1.66. The van der Waals surface area contributed by atoms with Crippen molar-refractivity contribution < 1.29 is 14.5 Å². The monoisotopic (exact) mass is 483 g/mol. The number of rotatable bonds is 8. The van der Waals surface area contributed by atoms with E-state index in [4.69, 9.17) is 0 Å². The smallest absolute Gasteiger partial charge is 0.269 e. The van der Waals surface area contributed by atoms with Gasteiger partial charge in [0.2, 0.25) is 11.8 Å². The van der Waals surface area contributed by atoms with Gasteiger partial charge in [0.05, 0.1) is 29.3 Å². The van der Waals surface area contributed by atoms with Gasteiger partial charge in [-0.3, -0.25) is 19.7 Å². The molecule has 4 rings (SSSR count). The number of nitrogens with one attached hydrogen (secondary N) is 2. The van der Waals surface area contributed by atoms with Gasteiger partial charge < -0.3 is 10.6 Å². The first-order chi connectivity index (χ1) is 17.3. The summed E-state index contributed by atoms with van der Waals surface area (Å²) in [5.41, 5.74) is 5.31. The van der Waals surface area contributed by atoms with Crippen molar-refractivity contribution in [2.75, 3.05) is 11.9 Å². The fourth-order valence-corrected chi connectivity index (χ4v) is 3.73. The van der Waals surface area contributed by atoms with Gasteiger partial charge in [0.25, 0.3) is 5.69 Å². The van der Waals surface area contributed by atoms with Crippen LogP contribution in [0.25, 0.3) is 16.9 Å². The molecule has 182 valence electrons. The van der Waals surface area contributed by atoms with Gasteiger partial charge in [-0.15, -0.1) is 0 Å². The summed E-state index contributed by atoms with van der Waals surface area (Å²) in [4.78, 5) is 35.7. The molecular weight excluding hydrogens is 458 g/mol. The average molecular weight is 484 g/mol. The molecule has 2 N–H and O–H groups in total. The summed E-state index contributed by atoms with van der Waals surface area (Å²) in [5.74, 6) is -0.672. The molecule has 0 atom stereocenters. The maximum absolute atomic E-state index is 12.7. The van der Waals surface area contributed by atoms with Gasteiger partial charge in [-0.05, 0) is 55.3 Å². The summed E-state index contributed by atoms with van der Waals surface area (Å²) in [5, 5.41) is 21.1. The van der Waals surface area contributed by atoms with Crippen LogP contribution in [0.3, 0.4) is 0 Å². The third kappa shape index (κ3) is 5.64. The highest BCUT2D eigenvalue weighted by molar-refractivity contribution is 5.95. The Labute approximate surface area is 207 Å². The number of anilines is 1. The Balaban J connectivity index is 1.50. The van der Waals surface area contributed by atoms with E-state index in [0.717, 1.165) is 16.8 Å². The predicted molar refractivity (Wildman–Crippen MR) is 137 cm³/mol. The highest BCUT2D eigenvalue weighted by atomic mass is 16.6. The first-order valence-electron chi connectivity index (χ1n) is 11.3. The zero-order chi connectivity index (χ0) is 25.7. The van der Waals surface area contributed by atoms with E-state index in [1.807, 2.05) is 62.4 Å². The Hall–Kier alpha value is -4.79. The Morgan fingerprint density at radius 2 is 1.67 bits per heavy atom. The van der Waals surface area contributed by atoms with E-state index in [9.17, 15) is 19.7 Å². The second kappa shape index (κ2) is 10.6. The molecule has 0 saturated carbocycles. The standard InChI is InChI=1S/C27H25N5O4/c1-18-7-6-10-24(19(18)2)29-26(34)16-28-25(33)15-21-17-31(22-8-4-3-5-9-22)30-27(21)20-11-13-23(14-12-20)32(35)36/h3-14,17H,15-16H2,1-2H3,(H,28,33)(H,29,34). The largest absolute Gasteiger partial charge is 0.347 e. The molecule has 9 nitrogen and oxygen atoms in total. The van der Waals surface area contributed by atoms with Gasteiger partial charge in [-0.2, -0.15) is 5.10 Å². The van der Waals surface area contributed by atoms with Crippen LogP contribution in [0.5, 0.6) is 0 Å². The summed E-state index contributed by atoms with van der Waals surface area (Å²) in [6, 6.07) is 21.1. The van der Waals surface area contributed by atoms with Gasteiger partial charge in [-0.25, -0.2) is 4.68 Å². The van der Waals surface area contributed by atoms with E-state index < -0.39 is 4.92 Å². The van der Waals surface area contributed by atoms with Gasteiger partial charge in [0, 0.05) is 35.1 Å². The molecule has 0 aliphatic rings. The number of nitro benzene ring substituents is 1. The molecule has 0 fully saturated rings. The van der Waals surface area contributed by atoms with E-state index in [1.54, 1.807) is 23.0 Å². The molecule has 36 heavy (non-hydrogen) atoms. The normalized spacial score (nSPS) is 10.6. The molecule has 3 aromatic carbocycles. The van der Waals surface area contributed by atoms with Gasteiger partial charge >= 0.3 is 0 Å². The molecular formula is C27H25N5O4. The number of aryl methyl sites for hydroxylation is 1. The molecule has 9 heteroatoms. The van der Waals surface area contributed by atoms with Crippen molar-refractivity contribution in [2.24, 2.45) is 0 Å². The van der Waals surface area contributed by atoms with Crippen molar-refractivity contribution >= 4 is 23.2 Å². The quantitative estimate of drug-likeness (QED) is 0.285. The summed E-state index contributed by atoms with van der Waals surface area (Å²) >= 11 is 0. The van der Waals surface area contributed by atoms with Gasteiger partial charge in [0.1, 0.15) is 0 Å². The van der Waals surface area contributed by atoms with Crippen molar-refractivity contribution in [3.8, 4) is 16.9 Å². The maximum atomic E-state index is 12.7. The zero-order valence-corrected chi connectivity index (χ0v) is 19.9. The Bertz CT molecular complexity index is 1410. The lowest BCUT2D eigenvalue weighted by Crippen LogP contribution is -2.34. The van der Waals surface area contributed by atoms with E-state index in [1.165, 1.54) is 12.1 Å². The van der Waals surface area contributed by atoms with Crippen LogP contribution in [-0.4, -0.2) is 33.1 Å². The molecule has 1 heterocycles. The van der Waals surface area contributed by atoms with E-state index in [0.29, 0.717) is 22.5 Å². The van der Waals surface area contributed by atoms with Crippen LogP contribution >= 0.6 is 0 Å². The van der Waals surface area contributed by atoms with E-state index >= 15 is 0 Å². The number of carbonyl (C=O) groups is 2. The van der Waals surface area contributed by atoms with E-state index in [2.05, 4.69) is 15.7 Å². The SMILES string of the molecule is Cc1cccc(NC(=O)CNC(=O)Cc2cn(-c3ccccc3)nc2-c2ccc([N+](=O)[O-])cc2)c1C. The molecule has 0 saturated heterocycles. The number of non-ortho nitro benzene ring substituents is 1. The first kappa shape index (κ1) is 24.3. The lowest BCUT2D eigenvalue weighted by atomic mass is 10.1. The van der Waals surface area contributed by atoms with Gasteiger partial charge in [-0.1, -0.05) is 30.3 Å². The first-order valence-corrected chi connectivity index (χ1v) is 11.3. The Morgan fingerprint density at radius 1 is 0.944 bits per heavy atom. The molecule has 0 unspecified atom stereocenters. The van der Waals surface area contributed by atoms with Crippen molar-refractivity contribution in [3.63, 3.8) is 0 Å². The van der Waals surface area contributed by atoms with Crippen LogP contribution in [0.2, 0.25) is 0 Å². The van der Waals surface area contributed by atoms with Crippen LogP contribution in [0, 0.1) is 24.0 Å².